The summed E-state index contributed by atoms with van der Waals surface area (Å²) in [5, 5.41) is 11.1. The molecule has 1 saturated heterocycles. The Labute approximate surface area is 151 Å². The minimum absolute atomic E-state index is 0.0664. The third-order valence-corrected chi connectivity index (χ3v) is 4.93. The quantitative estimate of drug-likeness (QED) is 0.730. The smallest absolute Gasteiger partial charge is 0.242 e. The van der Waals surface area contributed by atoms with Crippen LogP contribution >= 0.6 is 0 Å². The largest absolute Gasteiger partial charge is 0.506 e. The van der Waals surface area contributed by atoms with Crippen molar-refractivity contribution < 1.29 is 14.7 Å². The fraction of sp³-hybridized carbons (Fsp3) is 0.238. The first kappa shape index (κ1) is 16.4. The van der Waals surface area contributed by atoms with E-state index in [4.69, 9.17) is 0 Å². The van der Waals surface area contributed by atoms with E-state index < -0.39 is 5.92 Å². The number of amides is 2. The Morgan fingerprint density at radius 3 is 2.58 bits per heavy atom. The average Bonchev–Trinajstić information content (AvgIpc) is 3.14. The molecule has 26 heavy (non-hydrogen) atoms. The molecule has 1 N–H and O–H groups in total. The zero-order valence-corrected chi connectivity index (χ0v) is 14.6. The van der Waals surface area contributed by atoms with Crippen LogP contribution < -0.4 is 4.90 Å². The lowest BCUT2D eigenvalue weighted by molar-refractivity contribution is -0.121. The van der Waals surface area contributed by atoms with Gasteiger partial charge in [-0.1, -0.05) is 37.3 Å². The lowest BCUT2D eigenvalue weighted by Crippen LogP contribution is -2.30. The third kappa shape index (κ3) is 2.47. The number of benzene rings is 2. The van der Waals surface area contributed by atoms with Gasteiger partial charge < -0.3 is 9.67 Å². The Balaban J connectivity index is 1.78. The van der Waals surface area contributed by atoms with E-state index in [9.17, 15) is 14.7 Å². The van der Waals surface area contributed by atoms with Crippen molar-refractivity contribution in [2.75, 3.05) is 4.90 Å². The summed E-state index contributed by atoms with van der Waals surface area (Å²) >= 11 is 0. The summed E-state index contributed by atoms with van der Waals surface area (Å²) in [6.07, 6.45) is 3.10. The summed E-state index contributed by atoms with van der Waals surface area (Å²) in [6.45, 7) is 2.97. The van der Waals surface area contributed by atoms with Gasteiger partial charge in [-0.25, -0.2) is 4.90 Å². The van der Waals surface area contributed by atoms with E-state index in [0.29, 0.717) is 0 Å². The fourth-order valence-electron chi connectivity index (χ4n) is 3.76. The molecule has 0 unspecified atom stereocenters. The number of para-hydroxylation sites is 3. The second-order valence-corrected chi connectivity index (χ2v) is 6.61. The van der Waals surface area contributed by atoms with Gasteiger partial charge in [0, 0.05) is 30.1 Å². The Hall–Kier alpha value is -3.08. The van der Waals surface area contributed by atoms with Gasteiger partial charge in [-0.2, -0.15) is 0 Å². The maximum absolute atomic E-state index is 13.1. The molecular formula is C21H20N2O3. The summed E-state index contributed by atoms with van der Waals surface area (Å²) in [6, 6.07) is 14.4. The van der Waals surface area contributed by atoms with Crippen molar-refractivity contribution in [3.05, 3.63) is 60.3 Å². The molecule has 3 aromatic rings. The number of imide groups is 1. The average molecular weight is 348 g/mol. The first-order valence-corrected chi connectivity index (χ1v) is 8.84. The highest BCUT2D eigenvalue weighted by atomic mass is 16.3. The molecule has 1 fully saturated rings. The minimum atomic E-state index is -0.523. The van der Waals surface area contributed by atoms with E-state index >= 15 is 0 Å². The molecule has 0 bridgehead atoms. The molecule has 2 amide bonds. The first-order chi connectivity index (χ1) is 12.6. The van der Waals surface area contributed by atoms with Gasteiger partial charge in [-0.05, 0) is 30.2 Å². The zero-order chi connectivity index (χ0) is 18.3. The van der Waals surface area contributed by atoms with Gasteiger partial charge in [-0.15, -0.1) is 0 Å². The number of aromatic nitrogens is 1. The van der Waals surface area contributed by atoms with Crippen molar-refractivity contribution in [3.8, 4) is 5.75 Å². The van der Waals surface area contributed by atoms with E-state index in [-0.39, 0.29) is 29.7 Å². The molecule has 5 nitrogen and oxygen atoms in total. The normalized spacial score (nSPS) is 17.4. The predicted octanol–water partition coefficient (Wildman–Crippen LogP) is 3.80. The molecule has 1 aliphatic rings. The number of aryl methyl sites for hydroxylation is 1. The van der Waals surface area contributed by atoms with E-state index in [1.807, 2.05) is 30.5 Å². The lowest BCUT2D eigenvalue weighted by Gasteiger charge is -2.16. The highest BCUT2D eigenvalue weighted by Gasteiger charge is 2.42. The van der Waals surface area contributed by atoms with Crippen molar-refractivity contribution >= 4 is 28.4 Å². The standard InChI is InChI=1S/C21H20N2O3/c1-2-11-22-13-16(14-7-3-4-8-17(14)22)15-12-20(25)23(21(15)26)18-9-5-6-10-19(18)24/h3-10,13,15,24H,2,11-12H2,1H3/t15-/m1/s1. The van der Waals surface area contributed by atoms with Gasteiger partial charge in [0.2, 0.25) is 11.8 Å². The Kier molecular flexibility index (Phi) is 3.99. The van der Waals surface area contributed by atoms with Gasteiger partial charge >= 0.3 is 0 Å². The van der Waals surface area contributed by atoms with Gasteiger partial charge in [0.05, 0.1) is 11.6 Å². The van der Waals surface area contributed by atoms with Crippen LogP contribution in [0.15, 0.2) is 54.7 Å². The Bertz CT molecular complexity index is 1010. The molecule has 0 spiro atoms. The summed E-state index contributed by atoms with van der Waals surface area (Å²) in [5.74, 6) is -1.15. The molecule has 1 aliphatic heterocycles. The number of rotatable bonds is 4. The number of carbonyl (C=O) groups excluding carboxylic acids is 2. The van der Waals surface area contributed by atoms with E-state index in [0.717, 1.165) is 34.3 Å². The van der Waals surface area contributed by atoms with Crippen LogP contribution in [0.3, 0.4) is 0 Å². The van der Waals surface area contributed by atoms with Crippen LogP contribution in [-0.2, 0) is 16.1 Å². The highest BCUT2D eigenvalue weighted by molar-refractivity contribution is 6.24. The molecule has 132 valence electrons. The van der Waals surface area contributed by atoms with Gasteiger partial charge in [0.15, 0.2) is 0 Å². The number of phenols is 1. The molecule has 2 aromatic carbocycles. The molecule has 5 heteroatoms. The maximum atomic E-state index is 13.1. The Morgan fingerprint density at radius 2 is 1.81 bits per heavy atom. The molecular weight excluding hydrogens is 328 g/mol. The second-order valence-electron chi connectivity index (χ2n) is 6.61. The lowest BCUT2D eigenvalue weighted by atomic mass is 9.97. The second kappa shape index (κ2) is 6.33. The van der Waals surface area contributed by atoms with Gasteiger partial charge in [0.1, 0.15) is 5.75 Å². The summed E-state index contributed by atoms with van der Waals surface area (Å²) < 4.78 is 2.14. The van der Waals surface area contributed by atoms with Crippen LogP contribution in [0.5, 0.6) is 5.75 Å². The SMILES string of the molecule is CCCn1cc([C@H]2CC(=O)N(c3ccccc3O)C2=O)c2ccccc21. The van der Waals surface area contributed by atoms with Crippen molar-refractivity contribution in [1.29, 1.82) is 0 Å². The summed E-state index contributed by atoms with van der Waals surface area (Å²) in [4.78, 5) is 26.8. The summed E-state index contributed by atoms with van der Waals surface area (Å²) in [5.41, 5.74) is 2.21. The highest BCUT2D eigenvalue weighted by Crippen LogP contribution is 2.39. The number of carbonyl (C=O) groups is 2. The summed E-state index contributed by atoms with van der Waals surface area (Å²) in [7, 11) is 0. The van der Waals surface area contributed by atoms with Crippen molar-refractivity contribution in [2.45, 2.75) is 32.2 Å². The van der Waals surface area contributed by atoms with Crippen LogP contribution in [0.25, 0.3) is 10.9 Å². The number of phenolic OH excluding ortho intramolecular Hbond substituents is 1. The zero-order valence-electron chi connectivity index (χ0n) is 14.6. The molecule has 4 rings (SSSR count). The number of fused-ring (bicyclic) bond motifs is 1. The molecule has 0 radical (unpaired) electrons. The van der Waals surface area contributed by atoms with E-state index in [1.54, 1.807) is 18.2 Å². The number of anilines is 1. The molecule has 1 atom stereocenters. The van der Waals surface area contributed by atoms with Gasteiger partial charge in [0.25, 0.3) is 0 Å². The van der Waals surface area contributed by atoms with Crippen molar-refractivity contribution in [1.82, 2.24) is 4.57 Å². The Morgan fingerprint density at radius 1 is 1.08 bits per heavy atom. The van der Waals surface area contributed by atoms with E-state index in [1.165, 1.54) is 6.07 Å². The molecule has 0 saturated carbocycles. The number of hydrogen-bond donors (Lipinski definition) is 1. The van der Waals surface area contributed by atoms with Crippen LogP contribution in [0, 0.1) is 0 Å². The van der Waals surface area contributed by atoms with Crippen LogP contribution in [0.4, 0.5) is 5.69 Å². The van der Waals surface area contributed by atoms with Crippen molar-refractivity contribution in [3.63, 3.8) is 0 Å². The number of nitrogens with zero attached hydrogens (tertiary/aromatic N) is 2. The van der Waals surface area contributed by atoms with Gasteiger partial charge in [-0.3, -0.25) is 9.59 Å². The molecule has 0 aliphatic carbocycles. The fourth-order valence-corrected chi connectivity index (χ4v) is 3.76. The van der Waals surface area contributed by atoms with Crippen LogP contribution in [-0.4, -0.2) is 21.5 Å². The van der Waals surface area contributed by atoms with E-state index in [2.05, 4.69) is 11.5 Å². The number of hydrogen-bond acceptors (Lipinski definition) is 3. The molecule has 1 aromatic heterocycles. The number of aromatic hydroxyl groups is 1. The predicted molar refractivity (Wildman–Crippen MR) is 100 cm³/mol. The third-order valence-electron chi connectivity index (χ3n) is 4.93. The maximum Gasteiger partial charge on any atom is 0.242 e. The minimum Gasteiger partial charge on any atom is -0.506 e. The topological polar surface area (TPSA) is 62.5 Å². The van der Waals surface area contributed by atoms with Crippen molar-refractivity contribution in [2.24, 2.45) is 0 Å². The van der Waals surface area contributed by atoms with Crippen LogP contribution in [0.2, 0.25) is 0 Å². The van der Waals surface area contributed by atoms with Crippen LogP contribution in [0.1, 0.15) is 31.2 Å². The monoisotopic (exact) mass is 348 g/mol. The molecule has 2 heterocycles. The first-order valence-electron chi connectivity index (χ1n) is 8.84.